The second-order valence-corrected chi connectivity index (χ2v) is 6.08. The molecular weight excluding hydrogens is 283 g/mol. The van der Waals surface area contributed by atoms with Crippen molar-refractivity contribution >= 4 is 23.2 Å². The molecule has 0 amide bonds. The van der Waals surface area contributed by atoms with Crippen LogP contribution >= 0.6 is 23.2 Å². The van der Waals surface area contributed by atoms with Crippen molar-refractivity contribution in [3.63, 3.8) is 0 Å². The molecule has 2 unspecified atom stereocenters. The van der Waals surface area contributed by atoms with E-state index in [-0.39, 0.29) is 6.29 Å². The minimum atomic E-state index is -0.0635. The molecule has 0 aromatic rings. The maximum atomic E-state index is 5.76. The first-order valence-corrected chi connectivity index (χ1v) is 8.56. The van der Waals surface area contributed by atoms with E-state index < -0.39 is 0 Å². The van der Waals surface area contributed by atoms with Crippen molar-refractivity contribution in [1.82, 2.24) is 0 Å². The average Bonchev–Trinajstić information content (AvgIpc) is 2.37. The zero-order chi connectivity index (χ0) is 14.5. The fraction of sp³-hybridized carbons (Fsp3) is 1.00. The topological polar surface area (TPSA) is 18.5 Å². The third kappa shape index (κ3) is 12.0. The van der Waals surface area contributed by atoms with Crippen LogP contribution in [0, 0.1) is 11.8 Å². The van der Waals surface area contributed by atoms with E-state index in [0.717, 1.165) is 57.1 Å². The van der Waals surface area contributed by atoms with E-state index in [1.807, 2.05) is 0 Å². The molecular formula is C15H30Cl2O2. The van der Waals surface area contributed by atoms with Gasteiger partial charge < -0.3 is 9.47 Å². The lowest BCUT2D eigenvalue weighted by molar-refractivity contribution is -0.147. The van der Waals surface area contributed by atoms with Crippen LogP contribution in [-0.2, 0) is 9.47 Å². The van der Waals surface area contributed by atoms with E-state index in [2.05, 4.69) is 20.8 Å². The minimum absolute atomic E-state index is 0.0635. The van der Waals surface area contributed by atoms with Gasteiger partial charge in [-0.25, -0.2) is 0 Å². The molecule has 0 aliphatic rings. The zero-order valence-corrected chi connectivity index (χ0v) is 14.2. The SMILES string of the molecule is CCC(OCCC(C)CCCl)OCCC(C)CCCl. The van der Waals surface area contributed by atoms with E-state index >= 15 is 0 Å². The molecule has 0 saturated carbocycles. The van der Waals surface area contributed by atoms with Crippen molar-refractivity contribution in [3.05, 3.63) is 0 Å². The van der Waals surface area contributed by atoms with Crippen LogP contribution in [0.15, 0.2) is 0 Å². The van der Waals surface area contributed by atoms with Crippen molar-refractivity contribution in [1.29, 1.82) is 0 Å². The molecule has 0 aromatic heterocycles. The molecule has 0 spiro atoms. The summed E-state index contributed by atoms with van der Waals surface area (Å²) in [5, 5.41) is 0. The minimum Gasteiger partial charge on any atom is -0.353 e. The number of hydrogen-bond donors (Lipinski definition) is 0. The molecule has 0 aliphatic carbocycles. The summed E-state index contributed by atoms with van der Waals surface area (Å²) in [7, 11) is 0. The van der Waals surface area contributed by atoms with Gasteiger partial charge in [-0.3, -0.25) is 0 Å². The Kier molecular flexibility index (Phi) is 13.8. The molecule has 0 fully saturated rings. The highest BCUT2D eigenvalue weighted by Crippen LogP contribution is 2.12. The highest BCUT2D eigenvalue weighted by atomic mass is 35.5. The Morgan fingerprint density at radius 3 is 1.53 bits per heavy atom. The van der Waals surface area contributed by atoms with Gasteiger partial charge in [-0.1, -0.05) is 20.8 Å². The number of ether oxygens (including phenoxy) is 2. The Morgan fingerprint density at radius 2 is 1.21 bits per heavy atom. The summed E-state index contributed by atoms with van der Waals surface area (Å²) in [4.78, 5) is 0. The van der Waals surface area contributed by atoms with Crippen molar-refractivity contribution in [3.8, 4) is 0 Å². The molecule has 116 valence electrons. The van der Waals surface area contributed by atoms with Gasteiger partial charge in [0.1, 0.15) is 0 Å². The first kappa shape index (κ1) is 19.5. The van der Waals surface area contributed by atoms with Gasteiger partial charge in [0.2, 0.25) is 0 Å². The third-order valence-corrected chi connectivity index (χ3v) is 3.80. The summed E-state index contributed by atoms with van der Waals surface area (Å²) in [6, 6.07) is 0. The van der Waals surface area contributed by atoms with Crippen molar-refractivity contribution in [2.45, 2.75) is 59.2 Å². The lowest BCUT2D eigenvalue weighted by atomic mass is 10.1. The van der Waals surface area contributed by atoms with Crippen LogP contribution in [-0.4, -0.2) is 31.3 Å². The van der Waals surface area contributed by atoms with Crippen LogP contribution in [0.1, 0.15) is 52.9 Å². The summed E-state index contributed by atoms with van der Waals surface area (Å²) in [6.45, 7) is 8.03. The molecule has 0 N–H and O–H groups in total. The van der Waals surface area contributed by atoms with E-state index in [4.69, 9.17) is 32.7 Å². The third-order valence-electron chi connectivity index (χ3n) is 3.37. The Bertz CT molecular complexity index is 173. The summed E-state index contributed by atoms with van der Waals surface area (Å²) >= 11 is 11.4. The monoisotopic (exact) mass is 312 g/mol. The Morgan fingerprint density at radius 1 is 0.789 bits per heavy atom. The predicted octanol–water partition coefficient (Wildman–Crippen LogP) is 5.07. The highest BCUT2D eigenvalue weighted by Gasteiger charge is 2.09. The van der Waals surface area contributed by atoms with Gasteiger partial charge in [-0.2, -0.15) is 0 Å². The predicted molar refractivity (Wildman–Crippen MR) is 84.2 cm³/mol. The van der Waals surface area contributed by atoms with Crippen molar-refractivity contribution in [2.75, 3.05) is 25.0 Å². The normalized spacial score (nSPS) is 16.3. The van der Waals surface area contributed by atoms with E-state index in [1.165, 1.54) is 0 Å². The van der Waals surface area contributed by atoms with E-state index in [1.54, 1.807) is 0 Å². The Labute approximate surface area is 129 Å². The second kappa shape index (κ2) is 13.5. The largest absolute Gasteiger partial charge is 0.353 e. The first-order chi connectivity index (χ1) is 9.13. The molecule has 0 radical (unpaired) electrons. The fourth-order valence-corrected chi connectivity index (χ4v) is 2.49. The summed E-state index contributed by atoms with van der Waals surface area (Å²) in [5.74, 6) is 2.71. The van der Waals surface area contributed by atoms with Crippen LogP contribution in [0.5, 0.6) is 0 Å². The van der Waals surface area contributed by atoms with E-state index in [0.29, 0.717) is 11.8 Å². The molecule has 0 heterocycles. The summed E-state index contributed by atoms with van der Waals surface area (Å²) in [5.41, 5.74) is 0. The average molecular weight is 313 g/mol. The molecule has 0 aromatic carbocycles. The Balaban J connectivity index is 3.60. The van der Waals surface area contributed by atoms with Gasteiger partial charge in [0.05, 0.1) is 0 Å². The maximum Gasteiger partial charge on any atom is 0.157 e. The van der Waals surface area contributed by atoms with Crippen molar-refractivity contribution < 1.29 is 9.47 Å². The standard InChI is InChI=1S/C15H30Cl2O2/c1-4-15(18-11-7-13(2)5-9-16)19-12-8-14(3)6-10-17/h13-15H,4-12H2,1-3H3. The highest BCUT2D eigenvalue weighted by molar-refractivity contribution is 6.18. The first-order valence-electron chi connectivity index (χ1n) is 7.49. The van der Waals surface area contributed by atoms with Gasteiger partial charge in [0, 0.05) is 25.0 Å². The lowest BCUT2D eigenvalue weighted by Gasteiger charge is -2.19. The molecule has 19 heavy (non-hydrogen) atoms. The zero-order valence-electron chi connectivity index (χ0n) is 12.7. The van der Waals surface area contributed by atoms with Gasteiger partial charge in [-0.05, 0) is 43.9 Å². The number of hydrogen-bond acceptors (Lipinski definition) is 2. The Hall–Kier alpha value is 0.500. The molecule has 0 saturated heterocycles. The van der Waals surface area contributed by atoms with Gasteiger partial charge in [0.15, 0.2) is 6.29 Å². The number of alkyl halides is 2. The molecule has 0 rings (SSSR count). The van der Waals surface area contributed by atoms with Crippen LogP contribution in [0.2, 0.25) is 0 Å². The molecule has 2 atom stereocenters. The van der Waals surface area contributed by atoms with E-state index in [9.17, 15) is 0 Å². The molecule has 0 aliphatic heterocycles. The van der Waals surface area contributed by atoms with Crippen LogP contribution in [0.25, 0.3) is 0 Å². The summed E-state index contributed by atoms with van der Waals surface area (Å²) < 4.78 is 11.5. The molecule has 0 bridgehead atoms. The molecule has 2 nitrogen and oxygen atoms in total. The fourth-order valence-electron chi connectivity index (χ4n) is 1.75. The van der Waals surface area contributed by atoms with Crippen LogP contribution in [0.3, 0.4) is 0 Å². The number of halogens is 2. The summed E-state index contributed by atoms with van der Waals surface area (Å²) in [6.07, 6.45) is 5.04. The maximum absolute atomic E-state index is 5.76. The van der Waals surface area contributed by atoms with Crippen molar-refractivity contribution in [2.24, 2.45) is 11.8 Å². The smallest absolute Gasteiger partial charge is 0.157 e. The van der Waals surface area contributed by atoms with Gasteiger partial charge >= 0.3 is 0 Å². The second-order valence-electron chi connectivity index (χ2n) is 5.32. The quantitative estimate of drug-likeness (QED) is 0.349. The van der Waals surface area contributed by atoms with Crippen LogP contribution < -0.4 is 0 Å². The van der Waals surface area contributed by atoms with Gasteiger partial charge in [-0.15, -0.1) is 23.2 Å². The lowest BCUT2D eigenvalue weighted by Crippen LogP contribution is -2.19. The van der Waals surface area contributed by atoms with Crippen LogP contribution in [0.4, 0.5) is 0 Å². The molecule has 4 heteroatoms. The number of rotatable bonds is 13. The van der Waals surface area contributed by atoms with Gasteiger partial charge in [0.25, 0.3) is 0 Å².